The maximum absolute atomic E-state index is 11.9. The van der Waals surface area contributed by atoms with Gasteiger partial charge in [-0.3, -0.25) is 4.79 Å². The Morgan fingerprint density at radius 1 is 1.05 bits per heavy atom. The highest BCUT2D eigenvalue weighted by Crippen LogP contribution is 2.05. The van der Waals surface area contributed by atoms with Crippen LogP contribution in [0, 0.1) is 0 Å². The van der Waals surface area contributed by atoms with Crippen molar-refractivity contribution in [3.63, 3.8) is 0 Å². The second-order valence-electron chi connectivity index (χ2n) is 5.47. The van der Waals surface area contributed by atoms with Crippen LogP contribution in [0.1, 0.15) is 40.0 Å². The number of carboxylic acid groups (broad SMARTS) is 2. The quantitative estimate of drug-likeness (QED) is 0.446. The first-order chi connectivity index (χ1) is 9.11. The summed E-state index contributed by atoms with van der Waals surface area (Å²) < 4.78 is 0. The van der Waals surface area contributed by atoms with Gasteiger partial charge in [-0.25, -0.2) is 9.59 Å². The van der Waals surface area contributed by atoms with Crippen LogP contribution in [0.5, 0.6) is 0 Å². The van der Waals surface area contributed by atoms with E-state index in [1.54, 1.807) is 20.8 Å². The number of carbonyl (C=O) groups excluding carboxylic acids is 1. The van der Waals surface area contributed by atoms with E-state index in [-0.39, 0.29) is 12.5 Å². The SMILES string of the molecule is CC(C)(C)NC(=O)C(CCCCNC(=O)O)NC(=O)O. The van der Waals surface area contributed by atoms with E-state index in [0.29, 0.717) is 19.3 Å². The first kappa shape index (κ1) is 18.0. The Kier molecular flexibility index (Phi) is 7.42. The summed E-state index contributed by atoms with van der Waals surface area (Å²) in [6.07, 6.45) is -0.982. The zero-order valence-electron chi connectivity index (χ0n) is 12.0. The van der Waals surface area contributed by atoms with Crippen molar-refractivity contribution in [2.45, 2.75) is 51.6 Å². The highest BCUT2D eigenvalue weighted by molar-refractivity contribution is 5.85. The largest absolute Gasteiger partial charge is 0.465 e. The third-order valence-corrected chi connectivity index (χ3v) is 2.31. The van der Waals surface area contributed by atoms with Crippen molar-refractivity contribution in [2.75, 3.05) is 6.54 Å². The Balaban J connectivity index is 4.24. The van der Waals surface area contributed by atoms with Crippen LogP contribution in [0.25, 0.3) is 0 Å². The summed E-state index contributed by atoms with van der Waals surface area (Å²) in [6, 6.07) is -0.837. The molecule has 0 aliphatic carbocycles. The third-order valence-electron chi connectivity index (χ3n) is 2.31. The number of rotatable bonds is 7. The van der Waals surface area contributed by atoms with E-state index < -0.39 is 23.8 Å². The number of nitrogens with one attached hydrogen (secondary N) is 3. The smallest absolute Gasteiger partial charge is 0.405 e. The summed E-state index contributed by atoms with van der Waals surface area (Å²) in [5.74, 6) is -0.383. The average Bonchev–Trinajstić information content (AvgIpc) is 2.23. The molecule has 0 saturated carbocycles. The predicted molar refractivity (Wildman–Crippen MR) is 72.7 cm³/mol. The van der Waals surface area contributed by atoms with Gasteiger partial charge in [-0.1, -0.05) is 0 Å². The van der Waals surface area contributed by atoms with Crippen LogP contribution in [0.2, 0.25) is 0 Å². The van der Waals surface area contributed by atoms with Crippen LogP contribution in [0.3, 0.4) is 0 Å². The Hall–Kier alpha value is -1.99. The lowest BCUT2D eigenvalue weighted by Crippen LogP contribution is -2.51. The minimum absolute atomic E-state index is 0.274. The molecule has 20 heavy (non-hydrogen) atoms. The van der Waals surface area contributed by atoms with E-state index in [4.69, 9.17) is 10.2 Å². The van der Waals surface area contributed by atoms with E-state index in [9.17, 15) is 14.4 Å². The summed E-state index contributed by atoms with van der Waals surface area (Å²) in [5, 5.41) is 24.2. The van der Waals surface area contributed by atoms with Gasteiger partial charge in [0.2, 0.25) is 5.91 Å². The topological polar surface area (TPSA) is 128 Å². The van der Waals surface area contributed by atoms with Gasteiger partial charge in [0.05, 0.1) is 0 Å². The number of unbranched alkanes of at least 4 members (excludes halogenated alkanes) is 1. The van der Waals surface area contributed by atoms with Crippen molar-refractivity contribution in [2.24, 2.45) is 0 Å². The van der Waals surface area contributed by atoms with Crippen LogP contribution in [-0.2, 0) is 4.79 Å². The Labute approximate surface area is 117 Å². The summed E-state index contributed by atoms with van der Waals surface area (Å²) in [7, 11) is 0. The minimum atomic E-state index is -1.26. The van der Waals surface area contributed by atoms with Crippen LogP contribution < -0.4 is 16.0 Å². The van der Waals surface area contributed by atoms with Crippen LogP contribution in [0.4, 0.5) is 9.59 Å². The van der Waals surface area contributed by atoms with E-state index in [1.165, 1.54) is 0 Å². The molecule has 8 heteroatoms. The molecule has 0 radical (unpaired) electrons. The van der Waals surface area contributed by atoms with Gasteiger partial charge in [0.25, 0.3) is 0 Å². The lowest BCUT2D eigenvalue weighted by molar-refractivity contribution is -0.124. The Morgan fingerprint density at radius 3 is 2.10 bits per heavy atom. The Bertz CT molecular complexity index is 351. The van der Waals surface area contributed by atoms with Crippen molar-refractivity contribution < 1.29 is 24.6 Å². The zero-order valence-corrected chi connectivity index (χ0v) is 12.0. The van der Waals surface area contributed by atoms with Gasteiger partial charge in [0, 0.05) is 12.1 Å². The molecular formula is C12H23N3O5. The van der Waals surface area contributed by atoms with Crippen LogP contribution in [0.15, 0.2) is 0 Å². The molecule has 0 heterocycles. The molecule has 0 bridgehead atoms. The average molecular weight is 289 g/mol. The second-order valence-corrected chi connectivity index (χ2v) is 5.47. The summed E-state index contributed by atoms with van der Waals surface area (Å²) in [5.41, 5.74) is -0.444. The minimum Gasteiger partial charge on any atom is -0.465 e. The van der Waals surface area contributed by atoms with Gasteiger partial charge < -0.3 is 26.2 Å². The molecular weight excluding hydrogens is 266 g/mol. The summed E-state index contributed by atoms with van der Waals surface area (Å²) in [4.78, 5) is 32.8. The highest BCUT2D eigenvalue weighted by Gasteiger charge is 2.23. The molecule has 1 unspecified atom stereocenters. The number of carbonyl (C=O) groups is 3. The Morgan fingerprint density at radius 2 is 1.65 bits per heavy atom. The number of amides is 3. The molecule has 0 rings (SSSR count). The highest BCUT2D eigenvalue weighted by atomic mass is 16.4. The summed E-state index contributed by atoms with van der Waals surface area (Å²) >= 11 is 0. The number of hydrogen-bond donors (Lipinski definition) is 5. The van der Waals surface area contributed by atoms with E-state index >= 15 is 0 Å². The maximum atomic E-state index is 11.9. The number of hydrogen-bond acceptors (Lipinski definition) is 3. The van der Waals surface area contributed by atoms with Crippen molar-refractivity contribution in [1.82, 2.24) is 16.0 Å². The molecule has 116 valence electrons. The van der Waals surface area contributed by atoms with E-state index in [1.807, 2.05) is 0 Å². The first-order valence-electron chi connectivity index (χ1n) is 6.40. The molecule has 5 N–H and O–H groups in total. The van der Waals surface area contributed by atoms with Crippen molar-refractivity contribution in [3.8, 4) is 0 Å². The van der Waals surface area contributed by atoms with Crippen molar-refractivity contribution >= 4 is 18.1 Å². The van der Waals surface area contributed by atoms with Gasteiger partial charge in [0.15, 0.2) is 0 Å². The fraction of sp³-hybridized carbons (Fsp3) is 0.750. The molecule has 1 atom stereocenters. The van der Waals surface area contributed by atoms with Gasteiger partial charge in [-0.2, -0.15) is 0 Å². The monoisotopic (exact) mass is 289 g/mol. The van der Waals surface area contributed by atoms with E-state index in [0.717, 1.165) is 0 Å². The molecule has 0 spiro atoms. The normalized spacial score (nSPS) is 12.3. The summed E-state index contributed by atoms with van der Waals surface area (Å²) in [6.45, 7) is 5.69. The van der Waals surface area contributed by atoms with Crippen LogP contribution >= 0.6 is 0 Å². The lowest BCUT2D eigenvalue weighted by atomic mass is 10.1. The second kappa shape index (κ2) is 8.23. The fourth-order valence-corrected chi connectivity index (χ4v) is 1.54. The molecule has 0 aromatic carbocycles. The fourth-order valence-electron chi connectivity index (χ4n) is 1.54. The standard InChI is InChI=1S/C12H23N3O5/c1-12(2,3)15-9(16)8(14-11(19)20)6-4-5-7-13-10(17)18/h8,13-14H,4-7H2,1-3H3,(H,15,16)(H,17,18)(H,19,20). The molecule has 0 saturated heterocycles. The molecule has 0 aromatic heterocycles. The molecule has 3 amide bonds. The molecule has 0 aromatic rings. The lowest BCUT2D eigenvalue weighted by Gasteiger charge is -2.24. The van der Waals surface area contributed by atoms with Gasteiger partial charge in [0.1, 0.15) is 6.04 Å². The van der Waals surface area contributed by atoms with Crippen LogP contribution in [-0.4, -0.2) is 46.4 Å². The van der Waals surface area contributed by atoms with Gasteiger partial charge in [-0.05, 0) is 40.0 Å². The predicted octanol–water partition coefficient (Wildman–Crippen LogP) is 0.975. The molecule has 8 nitrogen and oxygen atoms in total. The zero-order chi connectivity index (χ0) is 15.8. The van der Waals surface area contributed by atoms with Gasteiger partial charge >= 0.3 is 12.2 Å². The van der Waals surface area contributed by atoms with Gasteiger partial charge in [-0.15, -0.1) is 0 Å². The molecule has 0 aliphatic rings. The van der Waals surface area contributed by atoms with E-state index in [2.05, 4.69) is 16.0 Å². The van der Waals surface area contributed by atoms with Crippen molar-refractivity contribution in [1.29, 1.82) is 0 Å². The first-order valence-corrected chi connectivity index (χ1v) is 6.40. The third kappa shape index (κ3) is 9.98. The molecule has 0 aliphatic heterocycles. The maximum Gasteiger partial charge on any atom is 0.405 e. The van der Waals surface area contributed by atoms with Crippen molar-refractivity contribution in [3.05, 3.63) is 0 Å². The molecule has 0 fully saturated rings.